The van der Waals surface area contributed by atoms with E-state index in [0.717, 1.165) is 6.08 Å². The Bertz CT molecular complexity index is 1140. The van der Waals surface area contributed by atoms with Crippen molar-refractivity contribution >= 4 is 23.5 Å². The zero-order valence-electron chi connectivity index (χ0n) is 24.0. The fourth-order valence-corrected chi connectivity index (χ4v) is 4.77. The van der Waals surface area contributed by atoms with Crippen LogP contribution in [0.2, 0.25) is 0 Å². The van der Waals surface area contributed by atoms with Gasteiger partial charge in [-0.3, -0.25) is 9.69 Å². The molecule has 2 aliphatic heterocycles. The van der Waals surface area contributed by atoms with Crippen molar-refractivity contribution in [2.75, 3.05) is 11.4 Å². The molecular formula is C29H40FNO8. The molecule has 1 aromatic carbocycles. The molecule has 1 N–H and O–H groups in total. The Hall–Kier alpha value is -2.98. The van der Waals surface area contributed by atoms with Crippen LogP contribution in [0, 0.1) is 0 Å². The number of Topliss-reactive ketones (excluding diaryl/α,β-unsaturated/α-hetero) is 1. The Morgan fingerprint density at radius 2 is 1.85 bits per heavy atom. The van der Waals surface area contributed by atoms with Crippen molar-refractivity contribution in [2.45, 2.75) is 110 Å². The normalized spacial score (nSPS) is 27.4. The first-order valence-electron chi connectivity index (χ1n) is 13.4. The summed E-state index contributed by atoms with van der Waals surface area (Å²) in [5, 5.41) is 11.0. The molecule has 1 fully saturated rings. The standard InChI is InChI=1S/C29H40FNO8/c1-9-31(27(35)39-28(4,5)6)18-14-19-16(2)10-13-22-25(38-29(7,8)37-22)24(33)20(30)12-11-17(3)36-26(34)23(19)21(32)15-18/h12,14-17,22,25,32H,9-11,13H2,1-8H3/b20-12+. The molecule has 2 heterocycles. The highest BCUT2D eigenvalue weighted by atomic mass is 19.1. The van der Waals surface area contributed by atoms with Gasteiger partial charge in [0.15, 0.2) is 17.7 Å². The fraction of sp³-hybridized carbons (Fsp3) is 0.621. The van der Waals surface area contributed by atoms with Gasteiger partial charge in [-0.15, -0.1) is 0 Å². The van der Waals surface area contributed by atoms with Gasteiger partial charge in [0.05, 0.1) is 11.8 Å². The van der Waals surface area contributed by atoms with Crippen LogP contribution in [0.3, 0.4) is 0 Å². The summed E-state index contributed by atoms with van der Waals surface area (Å²) in [5.74, 6) is -4.35. The highest BCUT2D eigenvalue weighted by Crippen LogP contribution is 2.39. The van der Waals surface area contributed by atoms with Gasteiger partial charge in [0, 0.05) is 19.0 Å². The van der Waals surface area contributed by atoms with E-state index in [4.69, 9.17) is 18.9 Å². The zero-order chi connectivity index (χ0) is 29.3. The van der Waals surface area contributed by atoms with Crippen molar-refractivity contribution in [3.05, 3.63) is 35.2 Å². The van der Waals surface area contributed by atoms with Crippen LogP contribution in [0.4, 0.5) is 14.9 Å². The molecule has 0 aromatic heterocycles. The number of anilines is 1. The predicted octanol–water partition coefficient (Wildman–Crippen LogP) is 5.93. The van der Waals surface area contributed by atoms with Gasteiger partial charge in [-0.1, -0.05) is 6.92 Å². The van der Waals surface area contributed by atoms with Gasteiger partial charge in [-0.05, 0) is 84.9 Å². The predicted molar refractivity (Wildman–Crippen MR) is 143 cm³/mol. The van der Waals surface area contributed by atoms with Gasteiger partial charge >= 0.3 is 12.1 Å². The van der Waals surface area contributed by atoms with Gasteiger partial charge in [0.1, 0.15) is 23.0 Å². The van der Waals surface area contributed by atoms with Crippen molar-refractivity contribution < 1.29 is 42.8 Å². The molecule has 4 unspecified atom stereocenters. The monoisotopic (exact) mass is 549 g/mol. The third-order valence-electron chi connectivity index (χ3n) is 6.61. The lowest BCUT2D eigenvalue weighted by Gasteiger charge is -2.28. The number of cyclic esters (lactones) is 1. The number of aromatic hydroxyl groups is 1. The molecule has 0 aliphatic carbocycles. The molecular weight excluding hydrogens is 509 g/mol. The number of carbonyl (C=O) groups is 3. The Labute approximate surface area is 229 Å². The van der Waals surface area contributed by atoms with E-state index in [-0.39, 0.29) is 30.2 Å². The number of hydrogen-bond donors (Lipinski definition) is 1. The van der Waals surface area contributed by atoms with Crippen LogP contribution < -0.4 is 4.90 Å². The number of fused-ring (bicyclic) bond motifs is 2. The molecule has 10 heteroatoms. The molecule has 0 bridgehead atoms. The lowest BCUT2D eigenvalue weighted by Crippen LogP contribution is -2.37. The third-order valence-corrected chi connectivity index (χ3v) is 6.61. The van der Waals surface area contributed by atoms with E-state index in [1.807, 2.05) is 6.92 Å². The number of nitrogens with zero attached hydrogens (tertiary/aromatic N) is 1. The van der Waals surface area contributed by atoms with E-state index in [9.17, 15) is 23.9 Å². The maximum atomic E-state index is 14.8. The Kier molecular flexibility index (Phi) is 9.12. The molecule has 1 aromatic rings. The first-order chi connectivity index (χ1) is 18.0. The molecule has 2 aliphatic rings. The van der Waals surface area contributed by atoms with Crippen LogP contribution in [0.5, 0.6) is 5.75 Å². The Morgan fingerprint density at radius 1 is 1.18 bits per heavy atom. The smallest absolute Gasteiger partial charge is 0.414 e. The van der Waals surface area contributed by atoms with Gasteiger partial charge in [0.25, 0.3) is 0 Å². The molecule has 0 radical (unpaired) electrons. The number of ketones is 1. The fourth-order valence-electron chi connectivity index (χ4n) is 4.77. The third kappa shape index (κ3) is 7.36. The SMILES string of the molecule is CCN(C(=O)OC(C)(C)C)c1cc(O)c2c(c1)C(C)CCC1OC(C)(C)OC1C(=O)/C(F)=C\CC(C)OC2=O. The second-order valence-corrected chi connectivity index (χ2v) is 11.6. The summed E-state index contributed by atoms with van der Waals surface area (Å²) in [6.45, 7) is 14.0. The number of phenols is 1. The first kappa shape index (κ1) is 30.6. The van der Waals surface area contributed by atoms with Crippen LogP contribution in [-0.4, -0.2) is 59.2 Å². The summed E-state index contributed by atoms with van der Waals surface area (Å²) in [6, 6.07) is 3.00. The molecule has 216 valence electrons. The van der Waals surface area contributed by atoms with Crippen molar-refractivity contribution in [3.8, 4) is 5.75 Å². The van der Waals surface area contributed by atoms with Crippen molar-refractivity contribution in [2.24, 2.45) is 0 Å². The van der Waals surface area contributed by atoms with Crippen LogP contribution in [0.1, 0.15) is 96.5 Å². The highest BCUT2D eigenvalue weighted by Gasteiger charge is 2.46. The summed E-state index contributed by atoms with van der Waals surface area (Å²) < 4.78 is 37.5. The minimum absolute atomic E-state index is 0.0311. The molecule has 39 heavy (non-hydrogen) atoms. The maximum absolute atomic E-state index is 14.8. The average Bonchev–Trinajstić information content (AvgIpc) is 3.12. The van der Waals surface area contributed by atoms with E-state index < -0.39 is 53.4 Å². The number of amides is 1. The zero-order valence-corrected chi connectivity index (χ0v) is 24.0. The number of esters is 1. The Balaban J connectivity index is 2.06. The lowest BCUT2D eigenvalue weighted by molar-refractivity contribution is -0.154. The van der Waals surface area contributed by atoms with Crippen LogP contribution >= 0.6 is 0 Å². The van der Waals surface area contributed by atoms with E-state index >= 15 is 0 Å². The number of ether oxygens (including phenoxy) is 4. The summed E-state index contributed by atoms with van der Waals surface area (Å²) in [4.78, 5) is 40.4. The number of carbonyl (C=O) groups excluding carboxylic acids is 3. The molecule has 3 rings (SSSR count). The number of halogens is 1. The van der Waals surface area contributed by atoms with E-state index in [0.29, 0.717) is 24.1 Å². The van der Waals surface area contributed by atoms with Gasteiger partial charge in [-0.2, -0.15) is 0 Å². The van der Waals surface area contributed by atoms with Crippen LogP contribution in [0.25, 0.3) is 0 Å². The number of hydrogen-bond acceptors (Lipinski definition) is 8. The van der Waals surface area contributed by atoms with E-state index in [1.165, 1.54) is 11.0 Å². The van der Waals surface area contributed by atoms with E-state index in [2.05, 4.69) is 0 Å². The lowest BCUT2D eigenvalue weighted by atomic mass is 9.88. The second-order valence-electron chi connectivity index (χ2n) is 11.6. The molecule has 1 saturated heterocycles. The van der Waals surface area contributed by atoms with Crippen LogP contribution in [-0.2, 0) is 23.7 Å². The molecule has 9 nitrogen and oxygen atoms in total. The molecule has 0 spiro atoms. The largest absolute Gasteiger partial charge is 0.507 e. The van der Waals surface area contributed by atoms with Crippen molar-refractivity contribution in [1.29, 1.82) is 0 Å². The highest BCUT2D eigenvalue weighted by molar-refractivity contribution is 5.98. The number of phenolic OH excluding ortho intramolecular Hbond substituents is 1. The van der Waals surface area contributed by atoms with Gasteiger partial charge in [-0.25, -0.2) is 14.0 Å². The molecule has 4 atom stereocenters. The average molecular weight is 550 g/mol. The van der Waals surface area contributed by atoms with Crippen molar-refractivity contribution in [3.63, 3.8) is 0 Å². The molecule has 0 saturated carbocycles. The first-order valence-corrected chi connectivity index (χ1v) is 13.4. The maximum Gasteiger partial charge on any atom is 0.414 e. The van der Waals surface area contributed by atoms with Crippen molar-refractivity contribution in [1.82, 2.24) is 0 Å². The van der Waals surface area contributed by atoms with Gasteiger partial charge < -0.3 is 24.1 Å². The second kappa shape index (κ2) is 11.6. The number of benzene rings is 1. The van der Waals surface area contributed by atoms with Crippen LogP contribution in [0.15, 0.2) is 24.0 Å². The van der Waals surface area contributed by atoms with Gasteiger partial charge in [0.2, 0.25) is 5.78 Å². The quantitative estimate of drug-likeness (QED) is 0.452. The summed E-state index contributed by atoms with van der Waals surface area (Å²) in [7, 11) is 0. The molecule has 1 amide bonds. The summed E-state index contributed by atoms with van der Waals surface area (Å²) >= 11 is 0. The summed E-state index contributed by atoms with van der Waals surface area (Å²) in [5.41, 5.74) is 0.0592. The number of rotatable bonds is 2. The minimum Gasteiger partial charge on any atom is -0.507 e. The Morgan fingerprint density at radius 3 is 2.46 bits per heavy atom. The summed E-state index contributed by atoms with van der Waals surface area (Å²) in [6.07, 6.45) is -1.49. The topological polar surface area (TPSA) is 112 Å². The van der Waals surface area contributed by atoms with E-state index in [1.54, 1.807) is 54.5 Å². The minimum atomic E-state index is -1.12.